The molecule has 0 fully saturated rings. The summed E-state index contributed by atoms with van der Waals surface area (Å²) in [5.74, 6) is 1.80. The molecule has 1 aromatic carbocycles. The summed E-state index contributed by atoms with van der Waals surface area (Å²) in [5.41, 5.74) is 2.42. The number of ether oxygens (including phenoxy) is 2. The number of aliphatic imine (C=N–C) groups is 1. The zero-order valence-electron chi connectivity index (χ0n) is 15.8. The van der Waals surface area contributed by atoms with Crippen molar-refractivity contribution >= 4 is 5.96 Å². The van der Waals surface area contributed by atoms with E-state index >= 15 is 0 Å². The standard InChI is InChI=1S/C19H33N3O2/c1-6-20-19(21-11-7-13-24-15(2)3)22-12-10-17-9-8-16(4)18(14-17)23-5/h8-9,14-15H,6-7,10-13H2,1-5H3,(H2,20,21,22). The highest BCUT2D eigenvalue weighted by Gasteiger charge is 2.02. The first-order valence-electron chi connectivity index (χ1n) is 8.84. The van der Waals surface area contributed by atoms with Gasteiger partial charge in [0.05, 0.1) is 13.2 Å². The van der Waals surface area contributed by atoms with E-state index in [1.165, 1.54) is 5.56 Å². The molecule has 0 aliphatic rings. The maximum atomic E-state index is 5.53. The van der Waals surface area contributed by atoms with Gasteiger partial charge in [-0.25, -0.2) is 0 Å². The van der Waals surface area contributed by atoms with Crippen LogP contribution >= 0.6 is 0 Å². The van der Waals surface area contributed by atoms with Crippen LogP contribution in [0, 0.1) is 6.92 Å². The minimum atomic E-state index is 0.284. The predicted molar refractivity (Wildman–Crippen MR) is 101 cm³/mol. The molecular weight excluding hydrogens is 302 g/mol. The quantitative estimate of drug-likeness (QED) is 0.392. The van der Waals surface area contributed by atoms with Crippen LogP contribution in [0.3, 0.4) is 0 Å². The zero-order valence-corrected chi connectivity index (χ0v) is 15.8. The Morgan fingerprint density at radius 2 is 2.04 bits per heavy atom. The van der Waals surface area contributed by atoms with Crippen molar-refractivity contribution in [2.45, 2.75) is 46.6 Å². The van der Waals surface area contributed by atoms with Gasteiger partial charge >= 0.3 is 0 Å². The topological polar surface area (TPSA) is 54.9 Å². The van der Waals surface area contributed by atoms with Crippen molar-refractivity contribution in [1.82, 2.24) is 10.6 Å². The van der Waals surface area contributed by atoms with E-state index in [0.29, 0.717) is 0 Å². The Bertz CT molecular complexity index is 501. The van der Waals surface area contributed by atoms with Gasteiger partial charge in [-0.05, 0) is 57.7 Å². The highest BCUT2D eigenvalue weighted by atomic mass is 16.5. The molecule has 0 heterocycles. The van der Waals surface area contributed by atoms with Crippen molar-refractivity contribution in [1.29, 1.82) is 0 Å². The van der Waals surface area contributed by atoms with Crippen molar-refractivity contribution in [2.75, 3.05) is 33.4 Å². The second kappa shape index (κ2) is 11.7. The molecule has 0 aliphatic heterocycles. The summed E-state index contributed by atoms with van der Waals surface area (Å²) in [6.07, 6.45) is 2.15. The molecule has 0 atom stereocenters. The van der Waals surface area contributed by atoms with Crippen LogP contribution in [0.4, 0.5) is 0 Å². The number of benzene rings is 1. The molecule has 1 rings (SSSR count). The molecular formula is C19H33N3O2. The largest absolute Gasteiger partial charge is 0.496 e. The number of methoxy groups -OCH3 is 1. The van der Waals surface area contributed by atoms with Gasteiger partial charge in [0, 0.05) is 26.2 Å². The number of guanidine groups is 1. The molecule has 5 heteroatoms. The molecule has 0 aromatic heterocycles. The van der Waals surface area contributed by atoms with Crippen molar-refractivity contribution in [2.24, 2.45) is 4.99 Å². The van der Waals surface area contributed by atoms with E-state index in [0.717, 1.165) is 56.4 Å². The van der Waals surface area contributed by atoms with Crippen LogP contribution in [-0.2, 0) is 11.2 Å². The molecule has 136 valence electrons. The Hall–Kier alpha value is -1.75. The minimum absolute atomic E-state index is 0.284. The third kappa shape index (κ3) is 8.20. The number of hydrogen-bond donors (Lipinski definition) is 2. The zero-order chi connectivity index (χ0) is 17.8. The van der Waals surface area contributed by atoms with E-state index in [9.17, 15) is 0 Å². The molecule has 5 nitrogen and oxygen atoms in total. The summed E-state index contributed by atoms with van der Waals surface area (Å²) in [7, 11) is 1.71. The summed E-state index contributed by atoms with van der Waals surface area (Å²) >= 11 is 0. The van der Waals surface area contributed by atoms with Gasteiger partial charge in [-0.2, -0.15) is 0 Å². The first-order valence-corrected chi connectivity index (χ1v) is 8.84. The predicted octanol–water partition coefficient (Wildman–Crippen LogP) is 2.92. The lowest BCUT2D eigenvalue weighted by atomic mass is 10.1. The number of hydrogen-bond acceptors (Lipinski definition) is 3. The Labute approximate surface area is 146 Å². The molecule has 0 saturated heterocycles. The fraction of sp³-hybridized carbons (Fsp3) is 0.632. The molecule has 0 amide bonds. The fourth-order valence-electron chi connectivity index (χ4n) is 2.26. The molecule has 2 N–H and O–H groups in total. The van der Waals surface area contributed by atoms with Gasteiger partial charge in [0.1, 0.15) is 5.75 Å². The highest BCUT2D eigenvalue weighted by Crippen LogP contribution is 2.18. The average Bonchev–Trinajstić information content (AvgIpc) is 2.55. The second-order valence-electron chi connectivity index (χ2n) is 6.01. The van der Waals surface area contributed by atoms with Gasteiger partial charge in [-0.1, -0.05) is 12.1 Å². The Morgan fingerprint density at radius 1 is 1.25 bits per heavy atom. The maximum Gasteiger partial charge on any atom is 0.191 e. The summed E-state index contributed by atoms with van der Waals surface area (Å²) in [6, 6.07) is 6.35. The van der Waals surface area contributed by atoms with Gasteiger partial charge in [-0.3, -0.25) is 4.99 Å². The monoisotopic (exact) mass is 335 g/mol. The fourth-order valence-corrected chi connectivity index (χ4v) is 2.26. The maximum absolute atomic E-state index is 5.53. The van der Waals surface area contributed by atoms with Crippen molar-refractivity contribution < 1.29 is 9.47 Å². The lowest BCUT2D eigenvalue weighted by Gasteiger charge is -2.12. The number of rotatable bonds is 10. The lowest BCUT2D eigenvalue weighted by molar-refractivity contribution is 0.0782. The summed E-state index contributed by atoms with van der Waals surface area (Å²) in [5, 5.41) is 6.65. The number of nitrogens with one attached hydrogen (secondary N) is 2. The van der Waals surface area contributed by atoms with Crippen LogP contribution < -0.4 is 15.4 Å². The van der Waals surface area contributed by atoms with Crippen LogP contribution in [0.25, 0.3) is 0 Å². The Morgan fingerprint density at radius 3 is 2.71 bits per heavy atom. The molecule has 0 bridgehead atoms. The van der Waals surface area contributed by atoms with Crippen LogP contribution in [0.2, 0.25) is 0 Å². The average molecular weight is 335 g/mol. The number of aryl methyl sites for hydroxylation is 1. The first kappa shape index (κ1) is 20.3. The van der Waals surface area contributed by atoms with E-state index in [1.54, 1.807) is 7.11 Å². The van der Waals surface area contributed by atoms with Gasteiger partial charge < -0.3 is 20.1 Å². The molecule has 0 aliphatic carbocycles. The van der Waals surface area contributed by atoms with Crippen molar-refractivity contribution in [3.8, 4) is 5.75 Å². The number of nitrogens with zero attached hydrogens (tertiary/aromatic N) is 1. The third-order valence-corrected chi connectivity index (χ3v) is 3.55. The van der Waals surface area contributed by atoms with Gasteiger partial charge in [0.2, 0.25) is 0 Å². The third-order valence-electron chi connectivity index (χ3n) is 3.55. The van der Waals surface area contributed by atoms with Crippen molar-refractivity contribution in [3.05, 3.63) is 29.3 Å². The van der Waals surface area contributed by atoms with Crippen molar-refractivity contribution in [3.63, 3.8) is 0 Å². The molecule has 1 aromatic rings. The van der Waals surface area contributed by atoms with E-state index in [1.807, 2.05) is 0 Å². The molecule has 24 heavy (non-hydrogen) atoms. The summed E-state index contributed by atoms with van der Waals surface area (Å²) in [4.78, 5) is 4.58. The van der Waals surface area contributed by atoms with Crippen LogP contribution in [-0.4, -0.2) is 45.4 Å². The van der Waals surface area contributed by atoms with Gasteiger partial charge in [0.25, 0.3) is 0 Å². The summed E-state index contributed by atoms with van der Waals surface area (Å²) in [6.45, 7) is 11.4. The highest BCUT2D eigenvalue weighted by molar-refractivity contribution is 5.79. The normalized spacial score (nSPS) is 11.7. The molecule has 0 spiro atoms. The van der Waals surface area contributed by atoms with Crippen LogP contribution in [0.1, 0.15) is 38.3 Å². The molecule has 0 radical (unpaired) electrons. The molecule has 0 unspecified atom stereocenters. The SMILES string of the molecule is CCNC(=NCCCOC(C)C)NCCc1ccc(C)c(OC)c1. The van der Waals surface area contributed by atoms with Crippen LogP contribution in [0.5, 0.6) is 5.75 Å². The summed E-state index contributed by atoms with van der Waals surface area (Å²) < 4.78 is 10.9. The van der Waals surface area contributed by atoms with E-state index in [2.05, 4.69) is 61.5 Å². The minimum Gasteiger partial charge on any atom is -0.496 e. The smallest absolute Gasteiger partial charge is 0.191 e. The van der Waals surface area contributed by atoms with Crippen LogP contribution in [0.15, 0.2) is 23.2 Å². The second-order valence-corrected chi connectivity index (χ2v) is 6.01. The Balaban J connectivity index is 2.40. The van der Waals surface area contributed by atoms with Gasteiger partial charge in [0.15, 0.2) is 5.96 Å². The van der Waals surface area contributed by atoms with E-state index in [4.69, 9.17) is 9.47 Å². The van der Waals surface area contributed by atoms with E-state index < -0.39 is 0 Å². The van der Waals surface area contributed by atoms with Gasteiger partial charge in [-0.15, -0.1) is 0 Å². The first-order chi connectivity index (χ1) is 11.6. The van der Waals surface area contributed by atoms with E-state index in [-0.39, 0.29) is 6.10 Å². The molecule has 0 saturated carbocycles. The Kier molecular flexibility index (Phi) is 9.92. The lowest BCUT2D eigenvalue weighted by Crippen LogP contribution is -2.38.